The van der Waals surface area contributed by atoms with E-state index >= 15 is 0 Å². The van der Waals surface area contributed by atoms with Crippen LogP contribution >= 0.6 is 0 Å². The Balaban J connectivity index is 2.29. The molecule has 1 aliphatic rings. The molecule has 96 valence electrons. The number of benzene rings is 1. The molecule has 1 amide bonds. The predicted molar refractivity (Wildman–Crippen MR) is 69.1 cm³/mol. The highest BCUT2D eigenvalue weighted by Gasteiger charge is 2.25. The smallest absolute Gasteiger partial charge is 0.265 e. The highest BCUT2D eigenvalue weighted by atomic mass is 16.5. The quantitative estimate of drug-likeness (QED) is 0.767. The zero-order valence-electron chi connectivity index (χ0n) is 10.7. The average Bonchev–Trinajstić information content (AvgIpc) is 2.36. The molecule has 0 radical (unpaired) electrons. The molecular formula is C14H17NO3. The molecule has 1 aromatic carbocycles. The predicted octanol–water partition coefficient (Wildman–Crippen LogP) is 2.27. The molecule has 0 saturated carbocycles. The summed E-state index contributed by atoms with van der Waals surface area (Å²) in [6, 6.07) is 5.15. The second kappa shape index (κ2) is 5.21. The Morgan fingerprint density at radius 2 is 2.22 bits per heavy atom. The summed E-state index contributed by atoms with van der Waals surface area (Å²) in [6.07, 6.45) is 1.70. The van der Waals surface area contributed by atoms with Crippen LogP contribution in [0.25, 0.3) is 0 Å². The van der Waals surface area contributed by atoms with Crippen LogP contribution < -0.4 is 9.64 Å². The van der Waals surface area contributed by atoms with Gasteiger partial charge in [-0.25, -0.2) is 0 Å². The van der Waals surface area contributed by atoms with E-state index in [0.717, 1.165) is 12.7 Å². The van der Waals surface area contributed by atoms with Gasteiger partial charge in [0, 0.05) is 12.1 Å². The van der Waals surface area contributed by atoms with Crippen LogP contribution in [0.3, 0.4) is 0 Å². The molecule has 2 rings (SSSR count). The van der Waals surface area contributed by atoms with Gasteiger partial charge in [-0.15, -0.1) is 0 Å². The van der Waals surface area contributed by atoms with Crippen LogP contribution in [0.5, 0.6) is 5.75 Å². The number of aldehydes is 1. The summed E-state index contributed by atoms with van der Waals surface area (Å²) in [5, 5.41) is 0. The summed E-state index contributed by atoms with van der Waals surface area (Å²) in [7, 11) is 0. The number of amides is 1. The number of anilines is 1. The van der Waals surface area contributed by atoms with Gasteiger partial charge in [-0.2, -0.15) is 0 Å². The van der Waals surface area contributed by atoms with Crippen LogP contribution in [0.1, 0.15) is 30.6 Å². The van der Waals surface area contributed by atoms with Crippen molar-refractivity contribution >= 4 is 17.9 Å². The van der Waals surface area contributed by atoms with E-state index in [4.69, 9.17) is 4.74 Å². The number of fused-ring (bicyclic) bond motifs is 1. The maximum Gasteiger partial charge on any atom is 0.265 e. The minimum Gasteiger partial charge on any atom is -0.482 e. The number of hydrogen-bond donors (Lipinski definition) is 0. The van der Waals surface area contributed by atoms with Crippen molar-refractivity contribution in [2.75, 3.05) is 18.1 Å². The fraction of sp³-hybridized carbons (Fsp3) is 0.429. The molecule has 0 unspecified atom stereocenters. The van der Waals surface area contributed by atoms with Gasteiger partial charge in [-0.1, -0.05) is 13.8 Å². The highest BCUT2D eigenvalue weighted by molar-refractivity contribution is 5.98. The molecule has 1 aromatic rings. The van der Waals surface area contributed by atoms with E-state index in [9.17, 15) is 9.59 Å². The zero-order chi connectivity index (χ0) is 13.1. The van der Waals surface area contributed by atoms with E-state index in [2.05, 4.69) is 13.8 Å². The minimum absolute atomic E-state index is 0.0498. The van der Waals surface area contributed by atoms with Crippen molar-refractivity contribution in [1.29, 1.82) is 0 Å². The first-order chi connectivity index (χ1) is 8.61. The zero-order valence-corrected chi connectivity index (χ0v) is 10.7. The maximum atomic E-state index is 11.9. The molecule has 0 aliphatic carbocycles. The lowest BCUT2D eigenvalue weighted by molar-refractivity contribution is -0.121. The first kappa shape index (κ1) is 12.6. The summed E-state index contributed by atoms with van der Waals surface area (Å²) in [4.78, 5) is 24.4. The summed E-state index contributed by atoms with van der Waals surface area (Å²) in [5.74, 6) is 1.15. The Kier molecular flexibility index (Phi) is 3.65. The van der Waals surface area contributed by atoms with E-state index < -0.39 is 0 Å². The van der Waals surface area contributed by atoms with Gasteiger partial charge >= 0.3 is 0 Å². The number of carbonyl (C=O) groups excluding carboxylic acids is 2. The number of hydrogen-bond acceptors (Lipinski definition) is 3. The van der Waals surface area contributed by atoms with Gasteiger partial charge in [0.15, 0.2) is 6.61 Å². The van der Waals surface area contributed by atoms with Crippen molar-refractivity contribution in [2.24, 2.45) is 5.92 Å². The third-order valence-corrected chi connectivity index (χ3v) is 2.99. The Morgan fingerprint density at radius 1 is 1.44 bits per heavy atom. The Bertz CT molecular complexity index is 468. The van der Waals surface area contributed by atoms with E-state index in [-0.39, 0.29) is 12.5 Å². The van der Waals surface area contributed by atoms with Crippen LogP contribution in [0, 0.1) is 5.92 Å². The standard InChI is InChI=1S/C14H17NO3/c1-10(2)5-6-15-12-7-11(8-16)3-4-13(12)18-9-14(15)17/h3-4,7-8,10H,5-6,9H2,1-2H3. The van der Waals surface area contributed by atoms with Crippen molar-refractivity contribution in [2.45, 2.75) is 20.3 Å². The molecule has 1 heterocycles. The van der Waals surface area contributed by atoms with Gasteiger partial charge in [-0.3, -0.25) is 9.59 Å². The molecule has 0 fully saturated rings. The van der Waals surface area contributed by atoms with E-state index in [0.29, 0.717) is 29.5 Å². The normalized spacial score (nSPS) is 14.4. The maximum absolute atomic E-state index is 11.9. The molecule has 18 heavy (non-hydrogen) atoms. The molecule has 0 atom stereocenters. The van der Waals surface area contributed by atoms with Gasteiger partial charge < -0.3 is 9.64 Å². The lowest BCUT2D eigenvalue weighted by atomic mass is 10.1. The van der Waals surface area contributed by atoms with Crippen LogP contribution in [0.15, 0.2) is 18.2 Å². The molecule has 0 spiro atoms. The molecule has 0 saturated heterocycles. The van der Waals surface area contributed by atoms with Gasteiger partial charge in [-0.05, 0) is 30.5 Å². The second-order valence-electron chi connectivity index (χ2n) is 4.86. The SMILES string of the molecule is CC(C)CCN1C(=O)COc2ccc(C=O)cc21. The molecule has 4 heteroatoms. The molecular weight excluding hydrogens is 230 g/mol. The summed E-state index contributed by atoms with van der Waals surface area (Å²) < 4.78 is 5.37. The van der Waals surface area contributed by atoms with E-state index in [1.165, 1.54) is 0 Å². The molecule has 0 bridgehead atoms. The molecule has 0 aromatic heterocycles. The summed E-state index contributed by atoms with van der Waals surface area (Å²) in [6.45, 7) is 4.97. The number of carbonyl (C=O) groups is 2. The fourth-order valence-electron chi connectivity index (χ4n) is 1.92. The van der Waals surface area contributed by atoms with Gasteiger partial charge in [0.05, 0.1) is 5.69 Å². The first-order valence-corrected chi connectivity index (χ1v) is 6.14. The van der Waals surface area contributed by atoms with Crippen molar-refractivity contribution in [3.8, 4) is 5.75 Å². The van der Waals surface area contributed by atoms with Crippen LogP contribution in [0.4, 0.5) is 5.69 Å². The van der Waals surface area contributed by atoms with Crippen LogP contribution in [-0.2, 0) is 4.79 Å². The first-order valence-electron chi connectivity index (χ1n) is 6.14. The molecule has 4 nitrogen and oxygen atoms in total. The number of ether oxygens (including phenoxy) is 1. The minimum atomic E-state index is -0.0498. The second-order valence-corrected chi connectivity index (χ2v) is 4.86. The third kappa shape index (κ3) is 2.53. The van der Waals surface area contributed by atoms with Crippen LogP contribution in [0.2, 0.25) is 0 Å². The lowest BCUT2D eigenvalue weighted by Gasteiger charge is -2.30. The largest absolute Gasteiger partial charge is 0.482 e. The highest BCUT2D eigenvalue weighted by Crippen LogP contribution is 2.32. The van der Waals surface area contributed by atoms with Crippen molar-refractivity contribution in [3.63, 3.8) is 0 Å². The number of nitrogens with zero attached hydrogens (tertiary/aromatic N) is 1. The number of rotatable bonds is 4. The summed E-state index contributed by atoms with van der Waals surface area (Å²) >= 11 is 0. The van der Waals surface area contributed by atoms with Crippen molar-refractivity contribution < 1.29 is 14.3 Å². The molecule has 1 aliphatic heterocycles. The van der Waals surface area contributed by atoms with E-state index in [1.54, 1.807) is 23.1 Å². The molecule has 0 N–H and O–H groups in total. The average molecular weight is 247 g/mol. The van der Waals surface area contributed by atoms with Gasteiger partial charge in [0.2, 0.25) is 0 Å². The topological polar surface area (TPSA) is 46.6 Å². The van der Waals surface area contributed by atoms with Gasteiger partial charge in [0.25, 0.3) is 5.91 Å². The fourth-order valence-corrected chi connectivity index (χ4v) is 1.92. The Morgan fingerprint density at radius 3 is 2.89 bits per heavy atom. The van der Waals surface area contributed by atoms with Crippen molar-refractivity contribution in [1.82, 2.24) is 0 Å². The van der Waals surface area contributed by atoms with E-state index in [1.807, 2.05) is 0 Å². The summed E-state index contributed by atoms with van der Waals surface area (Å²) in [5.41, 5.74) is 1.26. The Hall–Kier alpha value is -1.84. The van der Waals surface area contributed by atoms with Crippen molar-refractivity contribution in [3.05, 3.63) is 23.8 Å². The Labute approximate surface area is 107 Å². The monoisotopic (exact) mass is 247 g/mol. The lowest BCUT2D eigenvalue weighted by Crippen LogP contribution is -2.39. The third-order valence-electron chi connectivity index (χ3n) is 2.99. The van der Waals surface area contributed by atoms with Crippen LogP contribution in [-0.4, -0.2) is 25.3 Å². The van der Waals surface area contributed by atoms with Gasteiger partial charge in [0.1, 0.15) is 12.0 Å².